The number of thiocarbonyl (C=S) groups is 1. The minimum atomic E-state index is 0.210. The molecule has 0 heterocycles. The Morgan fingerprint density at radius 3 is 2.17 bits per heavy atom. The van der Waals surface area contributed by atoms with E-state index in [-0.39, 0.29) is 5.41 Å². The van der Waals surface area contributed by atoms with E-state index in [1.807, 2.05) is 0 Å². The molecule has 1 saturated carbocycles. The third-order valence-electron chi connectivity index (χ3n) is 2.80. The van der Waals surface area contributed by atoms with Gasteiger partial charge < -0.3 is 10.6 Å². The highest BCUT2D eigenvalue weighted by Gasteiger charge is 2.46. The first kappa shape index (κ1) is 9.93. The van der Waals surface area contributed by atoms with Gasteiger partial charge >= 0.3 is 0 Å². The Balaban J connectivity index is 2.44. The van der Waals surface area contributed by atoms with Crippen molar-refractivity contribution in [1.82, 2.24) is 4.90 Å². The zero-order chi connectivity index (χ0) is 9.19. The zero-order valence-electron chi connectivity index (χ0n) is 7.97. The van der Waals surface area contributed by atoms with Crippen molar-refractivity contribution >= 4 is 17.2 Å². The Bertz CT molecular complexity index is 171. The van der Waals surface area contributed by atoms with Crippen molar-refractivity contribution in [2.24, 2.45) is 11.1 Å². The molecule has 0 bridgehead atoms. The van der Waals surface area contributed by atoms with E-state index in [2.05, 4.69) is 18.7 Å². The van der Waals surface area contributed by atoms with Gasteiger partial charge in [0.15, 0.2) is 0 Å². The van der Waals surface area contributed by atoms with E-state index in [1.54, 1.807) is 0 Å². The van der Waals surface area contributed by atoms with Crippen LogP contribution in [0.5, 0.6) is 0 Å². The maximum Gasteiger partial charge on any atom is 0.0802 e. The van der Waals surface area contributed by atoms with Crippen LogP contribution in [0.2, 0.25) is 0 Å². The molecule has 0 amide bonds. The van der Waals surface area contributed by atoms with Gasteiger partial charge in [-0.15, -0.1) is 0 Å². The van der Waals surface area contributed by atoms with E-state index in [4.69, 9.17) is 18.0 Å². The predicted molar refractivity (Wildman–Crippen MR) is 56.2 cm³/mol. The third kappa shape index (κ3) is 1.96. The Morgan fingerprint density at radius 1 is 1.42 bits per heavy atom. The monoisotopic (exact) mass is 186 g/mol. The van der Waals surface area contributed by atoms with Gasteiger partial charge in [0.05, 0.1) is 4.99 Å². The van der Waals surface area contributed by atoms with Gasteiger partial charge in [-0.25, -0.2) is 0 Å². The average Bonchev–Trinajstić information content (AvgIpc) is 2.81. The summed E-state index contributed by atoms with van der Waals surface area (Å²) < 4.78 is 0. The largest absolute Gasteiger partial charge is 0.393 e. The molecule has 2 nitrogen and oxygen atoms in total. The number of rotatable bonds is 5. The summed E-state index contributed by atoms with van der Waals surface area (Å²) in [5.41, 5.74) is 5.90. The number of nitrogens with zero attached hydrogens (tertiary/aromatic N) is 1. The normalized spacial score (nSPS) is 19.6. The topological polar surface area (TPSA) is 29.3 Å². The molecule has 3 heteroatoms. The van der Waals surface area contributed by atoms with Crippen LogP contribution >= 0.6 is 12.2 Å². The Labute approximate surface area is 80.1 Å². The van der Waals surface area contributed by atoms with Crippen molar-refractivity contribution in [3.05, 3.63) is 0 Å². The van der Waals surface area contributed by atoms with Gasteiger partial charge in [0.1, 0.15) is 0 Å². The maximum atomic E-state index is 5.70. The minimum Gasteiger partial charge on any atom is -0.393 e. The highest BCUT2D eigenvalue weighted by molar-refractivity contribution is 7.80. The highest BCUT2D eigenvalue weighted by Crippen LogP contribution is 2.46. The zero-order valence-corrected chi connectivity index (χ0v) is 8.78. The van der Waals surface area contributed by atoms with E-state index >= 15 is 0 Å². The smallest absolute Gasteiger partial charge is 0.0802 e. The summed E-state index contributed by atoms with van der Waals surface area (Å²) in [5, 5.41) is 0. The molecular formula is C9H18N2S. The average molecular weight is 186 g/mol. The van der Waals surface area contributed by atoms with Gasteiger partial charge in [-0.1, -0.05) is 26.1 Å². The van der Waals surface area contributed by atoms with Crippen molar-refractivity contribution < 1.29 is 0 Å². The molecule has 0 aliphatic heterocycles. The molecular weight excluding hydrogens is 168 g/mol. The molecule has 0 atom stereocenters. The molecule has 70 valence electrons. The molecule has 0 aromatic carbocycles. The lowest BCUT2D eigenvalue weighted by molar-refractivity contribution is 0.273. The SMILES string of the molecule is CCN(CC)CC1(C(N)=S)CC1. The van der Waals surface area contributed by atoms with Crippen molar-refractivity contribution in [2.75, 3.05) is 19.6 Å². The lowest BCUT2D eigenvalue weighted by atomic mass is 10.1. The molecule has 12 heavy (non-hydrogen) atoms. The summed E-state index contributed by atoms with van der Waals surface area (Å²) in [7, 11) is 0. The van der Waals surface area contributed by atoms with Crippen molar-refractivity contribution in [2.45, 2.75) is 26.7 Å². The lowest BCUT2D eigenvalue weighted by Gasteiger charge is -2.23. The van der Waals surface area contributed by atoms with Crippen LogP contribution in [-0.2, 0) is 0 Å². The molecule has 0 spiro atoms. The van der Waals surface area contributed by atoms with E-state index in [0.29, 0.717) is 0 Å². The molecule has 0 aromatic heterocycles. The van der Waals surface area contributed by atoms with Crippen LogP contribution in [0.4, 0.5) is 0 Å². The van der Waals surface area contributed by atoms with Crippen LogP contribution in [0, 0.1) is 5.41 Å². The summed E-state index contributed by atoms with van der Waals surface area (Å²) >= 11 is 5.06. The maximum absolute atomic E-state index is 5.70. The Morgan fingerprint density at radius 2 is 1.92 bits per heavy atom. The second-order valence-electron chi connectivity index (χ2n) is 3.61. The van der Waals surface area contributed by atoms with Crippen LogP contribution in [-0.4, -0.2) is 29.5 Å². The standard InChI is InChI=1S/C9H18N2S/c1-3-11(4-2)7-9(5-6-9)8(10)12/h3-7H2,1-2H3,(H2,10,12). The summed E-state index contributed by atoms with van der Waals surface area (Å²) in [5.74, 6) is 0. The second kappa shape index (κ2) is 3.71. The quantitative estimate of drug-likeness (QED) is 0.658. The lowest BCUT2D eigenvalue weighted by Crippen LogP contribution is -2.36. The molecule has 1 aliphatic carbocycles. The van der Waals surface area contributed by atoms with E-state index in [1.165, 1.54) is 12.8 Å². The van der Waals surface area contributed by atoms with Crippen LogP contribution < -0.4 is 5.73 Å². The fourth-order valence-corrected chi connectivity index (χ4v) is 1.78. The molecule has 0 radical (unpaired) electrons. The molecule has 0 aromatic rings. The fraction of sp³-hybridized carbons (Fsp3) is 0.889. The van der Waals surface area contributed by atoms with Crippen LogP contribution in [0.25, 0.3) is 0 Å². The molecule has 1 rings (SSSR count). The van der Waals surface area contributed by atoms with Crippen molar-refractivity contribution in [1.29, 1.82) is 0 Å². The summed E-state index contributed by atoms with van der Waals surface area (Å²) in [6.07, 6.45) is 2.39. The van der Waals surface area contributed by atoms with Gasteiger partial charge in [-0.2, -0.15) is 0 Å². The van der Waals surface area contributed by atoms with Crippen LogP contribution in [0.15, 0.2) is 0 Å². The Hall–Kier alpha value is -0.150. The number of hydrogen-bond acceptors (Lipinski definition) is 2. The van der Waals surface area contributed by atoms with Gasteiger partial charge in [0, 0.05) is 12.0 Å². The van der Waals surface area contributed by atoms with Crippen LogP contribution in [0.3, 0.4) is 0 Å². The molecule has 1 aliphatic rings. The van der Waals surface area contributed by atoms with Crippen molar-refractivity contribution in [3.63, 3.8) is 0 Å². The third-order valence-corrected chi connectivity index (χ3v) is 3.23. The summed E-state index contributed by atoms with van der Waals surface area (Å²) in [4.78, 5) is 3.11. The molecule has 1 fully saturated rings. The fourth-order valence-electron chi connectivity index (χ4n) is 1.51. The van der Waals surface area contributed by atoms with E-state index in [0.717, 1.165) is 24.6 Å². The van der Waals surface area contributed by atoms with Crippen molar-refractivity contribution in [3.8, 4) is 0 Å². The highest BCUT2D eigenvalue weighted by atomic mass is 32.1. The van der Waals surface area contributed by atoms with Crippen LogP contribution in [0.1, 0.15) is 26.7 Å². The van der Waals surface area contributed by atoms with E-state index in [9.17, 15) is 0 Å². The molecule has 0 saturated heterocycles. The molecule has 2 N–H and O–H groups in total. The number of hydrogen-bond donors (Lipinski definition) is 1. The second-order valence-corrected chi connectivity index (χ2v) is 4.05. The molecule has 0 unspecified atom stereocenters. The first-order valence-electron chi connectivity index (χ1n) is 4.67. The van der Waals surface area contributed by atoms with Gasteiger partial charge in [-0.05, 0) is 25.9 Å². The van der Waals surface area contributed by atoms with E-state index < -0.39 is 0 Å². The summed E-state index contributed by atoms with van der Waals surface area (Å²) in [6, 6.07) is 0. The van der Waals surface area contributed by atoms with Gasteiger partial charge in [-0.3, -0.25) is 0 Å². The number of nitrogens with two attached hydrogens (primary N) is 1. The predicted octanol–water partition coefficient (Wildman–Crippen LogP) is 1.39. The van der Waals surface area contributed by atoms with Gasteiger partial charge in [0.25, 0.3) is 0 Å². The first-order chi connectivity index (χ1) is 5.64. The van der Waals surface area contributed by atoms with Gasteiger partial charge in [0.2, 0.25) is 0 Å². The Kier molecular flexibility index (Phi) is 3.07. The minimum absolute atomic E-state index is 0.210. The summed E-state index contributed by atoms with van der Waals surface area (Å²) in [6.45, 7) is 7.62. The first-order valence-corrected chi connectivity index (χ1v) is 5.07.